The minimum Gasteiger partial charge on any atom is -0.382 e. The molecule has 0 aromatic heterocycles. The van der Waals surface area contributed by atoms with E-state index in [9.17, 15) is 0 Å². The highest BCUT2D eigenvalue weighted by Crippen LogP contribution is 2.25. The van der Waals surface area contributed by atoms with Gasteiger partial charge < -0.3 is 16.0 Å². The first kappa shape index (κ1) is 10.1. The molecule has 1 aromatic carbocycles. The van der Waals surface area contributed by atoms with Gasteiger partial charge in [-0.25, -0.2) is 0 Å². The molecule has 1 fully saturated rings. The van der Waals surface area contributed by atoms with Gasteiger partial charge in [0.1, 0.15) is 0 Å². The molecule has 3 rings (SSSR count). The minimum atomic E-state index is 0.647. The fourth-order valence-corrected chi connectivity index (χ4v) is 2.65. The molecular weight excluding hydrogens is 198 g/mol. The highest BCUT2D eigenvalue weighted by molar-refractivity contribution is 5.56. The lowest BCUT2D eigenvalue weighted by Crippen LogP contribution is -2.35. The first-order valence-corrected chi connectivity index (χ1v) is 6.22. The molecule has 16 heavy (non-hydrogen) atoms. The van der Waals surface area contributed by atoms with Crippen molar-refractivity contribution in [1.82, 2.24) is 10.6 Å². The monoisotopic (exact) mass is 217 g/mol. The van der Waals surface area contributed by atoms with E-state index in [1.165, 1.54) is 29.7 Å². The van der Waals surface area contributed by atoms with Crippen molar-refractivity contribution in [1.29, 1.82) is 0 Å². The van der Waals surface area contributed by atoms with Gasteiger partial charge >= 0.3 is 0 Å². The zero-order valence-corrected chi connectivity index (χ0v) is 9.55. The van der Waals surface area contributed by atoms with Crippen molar-refractivity contribution in [2.75, 3.05) is 18.4 Å². The predicted octanol–water partition coefficient (Wildman–Crippen LogP) is 1.45. The van der Waals surface area contributed by atoms with Crippen molar-refractivity contribution in [2.24, 2.45) is 0 Å². The number of anilines is 1. The van der Waals surface area contributed by atoms with Gasteiger partial charge in [0.25, 0.3) is 0 Å². The van der Waals surface area contributed by atoms with Crippen LogP contribution in [-0.2, 0) is 13.1 Å². The SMILES string of the molecule is c1cc2c(c(NC3CCNCC3)c1)CNC2. The summed E-state index contributed by atoms with van der Waals surface area (Å²) in [4.78, 5) is 0. The summed E-state index contributed by atoms with van der Waals surface area (Å²) < 4.78 is 0. The Labute approximate surface area is 96.6 Å². The number of benzene rings is 1. The number of hydrogen-bond donors (Lipinski definition) is 3. The van der Waals surface area contributed by atoms with Crippen molar-refractivity contribution in [3.8, 4) is 0 Å². The van der Waals surface area contributed by atoms with E-state index in [-0.39, 0.29) is 0 Å². The maximum Gasteiger partial charge on any atom is 0.0391 e. The lowest BCUT2D eigenvalue weighted by molar-refractivity contribution is 0.479. The van der Waals surface area contributed by atoms with Crippen molar-refractivity contribution >= 4 is 5.69 Å². The Hall–Kier alpha value is -1.06. The van der Waals surface area contributed by atoms with Gasteiger partial charge in [-0.3, -0.25) is 0 Å². The molecule has 1 saturated heterocycles. The summed E-state index contributed by atoms with van der Waals surface area (Å²) in [6, 6.07) is 7.25. The number of piperidine rings is 1. The van der Waals surface area contributed by atoms with Crippen LogP contribution in [0.5, 0.6) is 0 Å². The molecule has 0 aliphatic carbocycles. The van der Waals surface area contributed by atoms with Crippen molar-refractivity contribution < 1.29 is 0 Å². The van der Waals surface area contributed by atoms with Crippen LogP contribution in [0.3, 0.4) is 0 Å². The van der Waals surface area contributed by atoms with Gasteiger partial charge in [0.2, 0.25) is 0 Å². The van der Waals surface area contributed by atoms with Gasteiger partial charge in [-0.1, -0.05) is 12.1 Å². The zero-order chi connectivity index (χ0) is 10.8. The van der Waals surface area contributed by atoms with E-state index in [4.69, 9.17) is 0 Å². The second-order valence-electron chi connectivity index (χ2n) is 4.72. The Bertz CT molecular complexity index is 369. The quantitative estimate of drug-likeness (QED) is 0.702. The third-order valence-corrected chi connectivity index (χ3v) is 3.59. The molecule has 2 aliphatic rings. The van der Waals surface area contributed by atoms with E-state index in [1.807, 2.05) is 0 Å². The minimum absolute atomic E-state index is 0.647. The van der Waals surface area contributed by atoms with Crippen molar-refractivity contribution in [3.63, 3.8) is 0 Å². The fourth-order valence-electron chi connectivity index (χ4n) is 2.65. The predicted molar refractivity (Wildman–Crippen MR) is 66.5 cm³/mol. The molecule has 0 spiro atoms. The summed E-state index contributed by atoms with van der Waals surface area (Å²) in [7, 11) is 0. The van der Waals surface area contributed by atoms with E-state index < -0.39 is 0 Å². The number of rotatable bonds is 2. The first-order valence-electron chi connectivity index (χ1n) is 6.22. The lowest BCUT2D eigenvalue weighted by atomic mass is 10.0. The second-order valence-corrected chi connectivity index (χ2v) is 4.72. The van der Waals surface area contributed by atoms with Gasteiger partial charge in [-0.05, 0) is 43.1 Å². The van der Waals surface area contributed by atoms with Crippen LogP contribution in [-0.4, -0.2) is 19.1 Å². The molecule has 2 aliphatic heterocycles. The summed E-state index contributed by atoms with van der Waals surface area (Å²) in [6.45, 7) is 4.33. The first-order chi connectivity index (χ1) is 7.93. The Morgan fingerprint density at radius 1 is 1.06 bits per heavy atom. The Kier molecular flexibility index (Phi) is 2.80. The molecule has 3 heteroatoms. The van der Waals surface area contributed by atoms with Crippen molar-refractivity contribution in [2.45, 2.75) is 32.0 Å². The van der Waals surface area contributed by atoms with Crippen LogP contribution in [0.1, 0.15) is 24.0 Å². The zero-order valence-electron chi connectivity index (χ0n) is 9.55. The number of fused-ring (bicyclic) bond motifs is 1. The third kappa shape index (κ3) is 1.93. The molecule has 1 aromatic rings. The fraction of sp³-hybridized carbons (Fsp3) is 0.538. The van der Waals surface area contributed by atoms with E-state index in [0.29, 0.717) is 6.04 Å². The molecule has 3 nitrogen and oxygen atoms in total. The van der Waals surface area contributed by atoms with Crippen LogP contribution in [0.25, 0.3) is 0 Å². The van der Waals surface area contributed by atoms with Crippen LogP contribution in [0.2, 0.25) is 0 Å². The maximum absolute atomic E-state index is 3.70. The molecule has 0 amide bonds. The smallest absolute Gasteiger partial charge is 0.0391 e. The Morgan fingerprint density at radius 2 is 1.94 bits per heavy atom. The summed E-state index contributed by atoms with van der Waals surface area (Å²) >= 11 is 0. The summed E-state index contributed by atoms with van der Waals surface area (Å²) in [5.41, 5.74) is 4.27. The molecule has 0 saturated carbocycles. The van der Waals surface area contributed by atoms with Crippen LogP contribution in [0.15, 0.2) is 18.2 Å². The van der Waals surface area contributed by atoms with E-state index in [1.54, 1.807) is 0 Å². The average Bonchev–Trinajstić information content (AvgIpc) is 2.80. The van der Waals surface area contributed by atoms with E-state index >= 15 is 0 Å². The number of nitrogens with one attached hydrogen (secondary N) is 3. The van der Waals surface area contributed by atoms with Gasteiger partial charge in [-0.2, -0.15) is 0 Å². The van der Waals surface area contributed by atoms with Crippen LogP contribution < -0.4 is 16.0 Å². The maximum atomic E-state index is 3.70. The molecule has 0 radical (unpaired) electrons. The van der Waals surface area contributed by atoms with Crippen molar-refractivity contribution in [3.05, 3.63) is 29.3 Å². The van der Waals surface area contributed by atoms with E-state index in [0.717, 1.165) is 26.2 Å². The summed E-state index contributed by atoms with van der Waals surface area (Å²) in [5.74, 6) is 0. The highest BCUT2D eigenvalue weighted by Gasteiger charge is 2.17. The molecule has 86 valence electrons. The topological polar surface area (TPSA) is 36.1 Å². The molecular formula is C13H19N3. The van der Waals surface area contributed by atoms with Gasteiger partial charge in [0.15, 0.2) is 0 Å². The second kappa shape index (κ2) is 4.44. The molecule has 0 unspecified atom stereocenters. The molecule has 3 N–H and O–H groups in total. The van der Waals surface area contributed by atoms with E-state index in [2.05, 4.69) is 34.1 Å². The molecule has 0 bridgehead atoms. The highest BCUT2D eigenvalue weighted by atomic mass is 15.0. The Balaban J connectivity index is 1.76. The van der Waals surface area contributed by atoms with Gasteiger partial charge in [0.05, 0.1) is 0 Å². The summed E-state index contributed by atoms with van der Waals surface area (Å²) in [6.07, 6.45) is 2.47. The van der Waals surface area contributed by atoms with Gasteiger partial charge in [-0.15, -0.1) is 0 Å². The average molecular weight is 217 g/mol. The third-order valence-electron chi connectivity index (χ3n) is 3.59. The normalized spacial score (nSPS) is 20.8. The lowest BCUT2D eigenvalue weighted by Gasteiger charge is -2.25. The largest absolute Gasteiger partial charge is 0.382 e. The number of hydrogen-bond acceptors (Lipinski definition) is 3. The van der Waals surface area contributed by atoms with Crippen LogP contribution in [0.4, 0.5) is 5.69 Å². The van der Waals surface area contributed by atoms with Crippen LogP contribution in [0, 0.1) is 0 Å². The van der Waals surface area contributed by atoms with Gasteiger partial charge in [0, 0.05) is 24.8 Å². The standard InChI is InChI=1S/C13H19N3/c1-2-10-8-15-9-12(10)13(3-1)16-11-4-6-14-7-5-11/h1-3,11,14-16H,4-9H2. The van der Waals surface area contributed by atoms with Crippen LogP contribution >= 0.6 is 0 Å². The summed E-state index contributed by atoms with van der Waals surface area (Å²) in [5, 5.41) is 10.5. The molecule has 2 heterocycles. The molecule has 0 atom stereocenters. The Morgan fingerprint density at radius 3 is 2.81 bits per heavy atom.